The normalized spacial score (nSPS) is 21.6. The third-order valence-electron chi connectivity index (χ3n) is 7.54. The molecule has 1 unspecified atom stereocenters. The molecule has 1 aromatic carbocycles. The van der Waals surface area contributed by atoms with Crippen LogP contribution in [0.1, 0.15) is 30.5 Å². The Balaban J connectivity index is 1.34. The monoisotopic (exact) mass is 462 g/mol. The van der Waals surface area contributed by atoms with E-state index >= 15 is 0 Å². The Morgan fingerprint density at radius 2 is 1.97 bits per heavy atom. The highest BCUT2D eigenvalue weighted by molar-refractivity contribution is 5.91. The number of likely N-dealkylation sites (tertiary alicyclic amines) is 1. The Kier molecular flexibility index (Phi) is 5.97. The maximum atomic E-state index is 6.26. The highest BCUT2D eigenvalue weighted by Gasteiger charge is 2.27. The third-order valence-corrected chi connectivity index (χ3v) is 7.54. The number of ether oxygens (including phenoxy) is 1. The highest BCUT2D eigenvalue weighted by Crippen LogP contribution is 2.33. The SMILES string of the molecule is CN1CCCC1COc1nc2c(c(N3CCNCC3)n1)CCCN(c1cccc3[nH]ncc13)C2. The van der Waals surface area contributed by atoms with Crippen molar-refractivity contribution in [1.82, 2.24) is 30.4 Å². The molecule has 3 aliphatic heterocycles. The summed E-state index contributed by atoms with van der Waals surface area (Å²) in [7, 11) is 2.18. The van der Waals surface area contributed by atoms with E-state index in [-0.39, 0.29) is 0 Å². The van der Waals surface area contributed by atoms with E-state index in [1.807, 2.05) is 6.20 Å². The molecule has 0 radical (unpaired) electrons. The fourth-order valence-corrected chi connectivity index (χ4v) is 5.59. The van der Waals surface area contributed by atoms with Gasteiger partial charge >= 0.3 is 6.01 Å². The molecule has 2 fully saturated rings. The number of nitrogens with one attached hydrogen (secondary N) is 2. The Morgan fingerprint density at radius 1 is 1.06 bits per heavy atom. The molecule has 0 amide bonds. The van der Waals surface area contributed by atoms with Crippen LogP contribution in [0.2, 0.25) is 0 Å². The fourth-order valence-electron chi connectivity index (χ4n) is 5.59. The molecule has 0 aliphatic carbocycles. The molecule has 180 valence electrons. The molecule has 5 heterocycles. The summed E-state index contributed by atoms with van der Waals surface area (Å²) in [5.74, 6) is 1.07. The Bertz CT molecular complexity index is 1140. The number of anilines is 2. The van der Waals surface area contributed by atoms with Crippen molar-refractivity contribution in [3.8, 4) is 6.01 Å². The summed E-state index contributed by atoms with van der Waals surface area (Å²) < 4.78 is 6.26. The summed E-state index contributed by atoms with van der Waals surface area (Å²) in [6.07, 6.45) is 6.38. The van der Waals surface area contributed by atoms with E-state index < -0.39 is 0 Å². The van der Waals surface area contributed by atoms with Gasteiger partial charge in [-0.2, -0.15) is 15.1 Å². The largest absolute Gasteiger partial charge is 0.462 e. The van der Waals surface area contributed by atoms with Crippen LogP contribution in [0.4, 0.5) is 11.5 Å². The van der Waals surface area contributed by atoms with Gasteiger partial charge in [0.1, 0.15) is 12.4 Å². The van der Waals surface area contributed by atoms with Gasteiger partial charge in [-0.25, -0.2) is 0 Å². The van der Waals surface area contributed by atoms with Crippen molar-refractivity contribution in [1.29, 1.82) is 0 Å². The van der Waals surface area contributed by atoms with Gasteiger partial charge in [-0.3, -0.25) is 5.10 Å². The molecule has 3 aliphatic rings. The first-order chi connectivity index (χ1) is 16.8. The van der Waals surface area contributed by atoms with Crippen molar-refractivity contribution in [2.24, 2.45) is 0 Å². The topological polar surface area (TPSA) is 85.4 Å². The van der Waals surface area contributed by atoms with Crippen LogP contribution in [-0.4, -0.2) is 84.0 Å². The van der Waals surface area contributed by atoms with Crippen molar-refractivity contribution < 1.29 is 4.74 Å². The van der Waals surface area contributed by atoms with E-state index in [2.05, 4.69) is 55.5 Å². The maximum absolute atomic E-state index is 6.26. The number of benzene rings is 1. The summed E-state index contributed by atoms with van der Waals surface area (Å²) in [6, 6.07) is 7.33. The summed E-state index contributed by atoms with van der Waals surface area (Å²) in [4.78, 5) is 17.2. The van der Waals surface area contributed by atoms with Gasteiger partial charge in [0.2, 0.25) is 0 Å². The molecule has 2 saturated heterocycles. The molecular formula is C25H34N8O. The Labute approximate surface area is 200 Å². The average Bonchev–Trinajstić information content (AvgIpc) is 3.46. The molecule has 0 saturated carbocycles. The number of hydrogen-bond donors (Lipinski definition) is 2. The van der Waals surface area contributed by atoms with Crippen LogP contribution in [0.25, 0.3) is 10.9 Å². The number of hydrogen-bond acceptors (Lipinski definition) is 8. The van der Waals surface area contributed by atoms with Crippen LogP contribution in [0, 0.1) is 0 Å². The van der Waals surface area contributed by atoms with E-state index in [1.165, 1.54) is 24.1 Å². The van der Waals surface area contributed by atoms with Crippen LogP contribution in [0.15, 0.2) is 24.4 Å². The number of H-pyrrole nitrogens is 1. The van der Waals surface area contributed by atoms with Crippen LogP contribution in [0.3, 0.4) is 0 Å². The van der Waals surface area contributed by atoms with Crippen LogP contribution in [0.5, 0.6) is 6.01 Å². The smallest absolute Gasteiger partial charge is 0.318 e. The van der Waals surface area contributed by atoms with Crippen LogP contribution >= 0.6 is 0 Å². The highest BCUT2D eigenvalue weighted by atomic mass is 16.5. The van der Waals surface area contributed by atoms with Gasteiger partial charge in [0, 0.05) is 55.4 Å². The Hall–Kier alpha value is -2.91. The second-order valence-electron chi connectivity index (χ2n) is 9.71. The van der Waals surface area contributed by atoms with Gasteiger partial charge in [-0.1, -0.05) is 6.07 Å². The summed E-state index contributed by atoms with van der Waals surface area (Å²) in [5.41, 5.74) is 4.65. The molecule has 3 aromatic rings. The molecule has 9 nitrogen and oxygen atoms in total. The number of fused-ring (bicyclic) bond motifs is 2. The first kappa shape index (κ1) is 21.6. The van der Waals surface area contributed by atoms with E-state index in [9.17, 15) is 0 Å². The summed E-state index contributed by atoms with van der Waals surface area (Å²) >= 11 is 0. The minimum atomic E-state index is 0.445. The van der Waals surface area contributed by atoms with Gasteiger partial charge in [0.15, 0.2) is 0 Å². The van der Waals surface area contributed by atoms with E-state index in [0.29, 0.717) is 18.7 Å². The quantitative estimate of drug-likeness (QED) is 0.597. The molecule has 34 heavy (non-hydrogen) atoms. The number of likely N-dealkylation sites (N-methyl/N-ethyl adjacent to an activating group) is 1. The van der Waals surface area contributed by atoms with Crippen molar-refractivity contribution in [3.63, 3.8) is 0 Å². The second-order valence-corrected chi connectivity index (χ2v) is 9.71. The molecule has 2 aromatic heterocycles. The van der Waals surface area contributed by atoms with Crippen molar-refractivity contribution in [2.75, 3.05) is 62.7 Å². The third kappa shape index (κ3) is 4.18. The molecule has 9 heteroatoms. The minimum Gasteiger partial charge on any atom is -0.462 e. The average molecular weight is 463 g/mol. The lowest BCUT2D eigenvalue weighted by Gasteiger charge is -2.31. The van der Waals surface area contributed by atoms with E-state index in [1.54, 1.807) is 0 Å². The lowest BCUT2D eigenvalue weighted by atomic mass is 10.1. The van der Waals surface area contributed by atoms with Crippen molar-refractivity contribution in [2.45, 2.75) is 38.3 Å². The zero-order chi connectivity index (χ0) is 22.9. The number of nitrogens with zero attached hydrogens (tertiary/aromatic N) is 6. The van der Waals surface area contributed by atoms with Gasteiger partial charge in [-0.15, -0.1) is 0 Å². The van der Waals surface area contributed by atoms with Gasteiger partial charge in [-0.05, 0) is 51.4 Å². The molecular weight excluding hydrogens is 428 g/mol. The zero-order valence-electron chi connectivity index (χ0n) is 20.0. The molecule has 2 N–H and O–H groups in total. The molecule has 0 bridgehead atoms. The van der Waals surface area contributed by atoms with Crippen LogP contribution in [-0.2, 0) is 13.0 Å². The number of aromatic nitrogens is 4. The molecule has 0 spiro atoms. The number of piperazine rings is 1. The van der Waals surface area contributed by atoms with Gasteiger partial charge in [0.25, 0.3) is 0 Å². The standard InChI is InChI=1S/C25H34N8O/c1-31-11-3-5-18(31)17-34-25-28-22-16-33(23-8-2-7-21-20(23)15-27-30-21)12-4-6-19(22)24(29-25)32-13-9-26-10-14-32/h2,7-8,15,18,26H,3-6,9-14,16-17H2,1H3,(H,27,30). The maximum Gasteiger partial charge on any atom is 0.318 e. The molecule has 6 rings (SSSR count). The lowest BCUT2D eigenvalue weighted by Crippen LogP contribution is -2.44. The first-order valence-corrected chi connectivity index (χ1v) is 12.6. The van der Waals surface area contributed by atoms with E-state index in [4.69, 9.17) is 14.7 Å². The predicted molar refractivity (Wildman–Crippen MR) is 134 cm³/mol. The predicted octanol–water partition coefficient (Wildman–Crippen LogP) is 2.19. The summed E-state index contributed by atoms with van der Waals surface area (Å²) in [6.45, 7) is 7.41. The lowest BCUT2D eigenvalue weighted by molar-refractivity contribution is 0.187. The van der Waals surface area contributed by atoms with Crippen molar-refractivity contribution in [3.05, 3.63) is 35.7 Å². The van der Waals surface area contributed by atoms with Crippen molar-refractivity contribution >= 4 is 22.4 Å². The van der Waals surface area contributed by atoms with Gasteiger partial charge in [0.05, 0.1) is 24.0 Å². The van der Waals surface area contributed by atoms with Crippen LogP contribution < -0.4 is 19.9 Å². The fraction of sp³-hybridized carbons (Fsp3) is 0.560. The number of aromatic amines is 1. The molecule has 1 atom stereocenters. The zero-order valence-corrected chi connectivity index (χ0v) is 20.0. The Morgan fingerprint density at radius 3 is 2.82 bits per heavy atom. The number of rotatable bonds is 5. The van der Waals surface area contributed by atoms with Gasteiger partial charge < -0.3 is 24.8 Å². The summed E-state index contributed by atoms with van der Waals surface area (Å²) in [5, 5.41) is 12.0. The first-order valence-electron chi connectivity index (χ1n) is 12.6. The van der Waals surface area contributed by atoms with E-state index in [0.717, 1.165) is 81.1 Å². The minimum absolute atomic E-state index is 0.445. The second kappa shape index (κ2) is 9.38.